The third-order valence-corrected chi connectivity index (χ3v) is 5.32. The molecule has 11 N–H and O–H groups in total. The summed E-state index contributed by atoms with van der Waals surface area (Å²) in [5.41, 5.74) is 16.9. The molecule has 4 atom stereocenters. The van der Waals surface area contributed by atoms with E-state index in [2.05, 4.69) is 16.0 Å². The first-order valence-corrected chi connectivity index (χ1v) is 11.6. The summed E-state index contributed by atoms with van der Waals surface area (Å²) in [4.78, 5) is 61.2. The maximum Gasteiger partial charge on any atom is 0.326 e. The number of carboxylic acids is 1. The topological polar surface area (TPSA) is 240 Å². The van der Waals surface area contributed by atoms with Gasteiger partial charge in [0, 0.05) is 12.8 Å². The summed E-state index contributed by atoms with van der Waals surface area (Å²) in [6, 6.07) is 3.69. The molecule has 0 spiro atoms. The Balaban J connectivity index is 3.01. The fourth-order valence-corrected chi connectivity index (χ4v) is 3.27. The van der Waals surface area contributed by atoms with Gasteiger partial charge in [0.15, 0.2) is 0 Å². The predicted molar refractivity (Wildman–Crippen MR) is 130 cm³/mol. The van der Waals surface area contributed by atoms with Crippen molar-refractivity contribution in [3.63, 3.8) is 0 Å². The molecular weight excluding hydrogens is 472 g/mol. The van der Waals surface area contributed by atoms with Gasteiger partial charge in [0.05, 0.1) is 6.61 Å². The number of unbranched alkanes of at least 4 members (excludes halogenated alkanes) is 1. The Kier molecular flexibility index (Phi) is 13.7. The lowest BCUT2D eigenvalue weighted by Gasteiger charge is -2.25. The van der Waals surface area contributed by atoms with Crippen molar-refractivity contribution in [2.75, 3.05) is 13.2 Å². The fraction of sp³-hybridized carbons (Fsp3) is 0.522. The summed E-state index contributed by atoms with van der Waals surface area (Å²) in [5.74, 6) is -4.34. The van der Waals surface area contributed by atoms with Gasteiger partial charge in [0.25, 0.3) is 0 Å². The van der Waals surface area contributed by atoms with Crippen molar-refractivity contribution in [3.8, 4) is 0 Å². The van der Waals surface area contributed by atoms with Crippen molar-refractivity contribution >= 4 is 29.6 Å². The van der Waals surface area contributed by atoms with Crippen molar-refractivity contribution in [2.45, 2.75) is 62.7 Å². The van der Waals surface area contributed by atoms with Crippen molar-refractivity contribution in [3.05, 3.63) is 35.9 Å². The molecule has 200 valence electrons. The number of nitrogens with one attached hydrogen (secondary N) is 3. The zero-order valence-electron chi connectivity index (χ0n) is 20.0. The van der Waals surface area contributed by atoms with E-state index in [0.29, 0.717) is 24.9 Å². The number of carbonyl (C=O) groups excluding carboxylic acids is 4. The Morgan fingerprint density at radius 3 is 1.92 bits per heavy atom. The summed E-state index contributed by atoms with van der Waals surface area (Å²) in [6.07, 6.45) is 0.757. The van der Waals surface area contributed by atoms with Crippen LogP contribution in [0.4, 0.5) is 0 Å². The highest BCUT2D eigenvalue weighted by Crippen LogP contribution is 2.07. The number of aliphatic carboxylic acids is 1. The minimum atomic E-state index is -1.30. The van der Waals surface area contributed by atoms with Crippen LogP contribution in [0.3, 0.4) is 0 Å². The van der Waals surface area contributed by atoms with Gasteiger partial charge < -0.3 is 43.4 Å². The quantitative estimate of drug-likeness (QED) is 0.103. The highest BCUT2D eigenvalue weighted by molar-refractivity contribution is 5.94. The van der Waals surface area contributed by atoms with Crippen LogP contribution in [0.2, 0.25) is 0 Å². The molecule has 13 nitrogen and oxygen atoms in total. The molecule has 0 saturated heterocycles. The van der Waals surface area contributed by atoms with Crippen LogP contribution in [0, 0.1) is 0 Å². The number of benzene rings is 1. The number of primary amides is 1. The fourth-order valence-electron chi connectivity index (χ4n) is 3.27. The molecule has 0 saturated carbocycles. The van der Waals surface area contributed by atoms with E-state index in [4.69, 9.17) is 22.3 Å². The van der Waals surface area contributed by atoms with Crippen molar-refractivity contribution in [1.82, 2.24) is 16.0 Å². The predicted octanol–water partition coefficient (Wildman–Crippen LogP) is -2.52. The maximum absolute atomic E-state index is 13.0. The van der Waals surface area contributed by atoms with E-state index in [0.717, 1.165) is 0 Å². The maximum atomic E-state index is 13.0. The third-order valence-electron chi connectivity index (χ3n) is 5.32. The largest absolute Gasteiger partial charge is 0.480 e. The second-order valence-corrected chi connectivity index (χ2v) is 8.29. The molecule has 4 unspecified atom stereocenters. The number of carboxylic acid groups (broad SMARTS) is 1. The smallest absolute Gasteiger partial charge is 0.326 e. The van der Waals surface area contributed by atoms with E-state index in [1.807, 2.05) is 0 Å². The van der Waals surface area contributed by atoms with Crippen LogP contribution >= 0.6 is 0 Å². The van der Waals surface area contributed by atoms with Gasteiger partial charge >= 0.3 is 5.97 Å². The van der Waals surface area contributed by atoms with E-state index in [-0.39, 0.29) is 25.7 Å². The number of rotatable bonds is 17. The Morgan fingerprint density at radius 1 is 0.833 bits per heavy atom. The van der Waals surface area contributed by atoms with Gasteiger partial charge in [-0.05, 0) is 37.8 Å². The molecule has 36 heavy (non-hydrogen) atoms. The molecule has 4 amide bonds. The van der Waals surface area contributed by atoms with Crippen LogP contribution < -0.4 is 33.2 Å². The van der Waals surface area contributed by atoms with Crippen LogP contribution in [-0.2, 0) is 30.4 Å². The standard InChI is InChI=1S/C23H36N6O7/c24-11-5-4-8-16(27-20(32)15(25)13-30)21(33)28-17(9-10-19(26)31)22(34)29-18(23(35)36)12-14-6-2-1-3-7-14/h1-3,6-7,15-18,30H,4-5,8-13,24-25H2,(H2,26,31)(H,27,32)(H,28,33)(H,29,34)(H,35,36). The highest BCUT2D eigenvalue weighted by Gasteiger charge is 2.30. The van der Waals surface area contributed by atoms with Gasteiger partial charge in [-0.25, -0.2) is 4.79 Å². The molecule has 0 fully saturated rings. The SMILES string of the molecule is NCCCCC(NC(=O)C(N)CO)C(=O)NC(CCC(N)=O)C(=O)NC(Cc1ccccc1)C(=O)O. The van der Waals surface area contributed by atoms with Crippen molar-refractivity contribution < 1.29 is 34.2 Å². The number of nitrogens with two attached hydrogens (primary N) is 3. The van der Waals surface area contributed by atoms with Gasteiger partial charge in [-0.15, -0.1) is 0 Å². The molecular formula is C23H36N6O7. The first-order valence-electron chi connectivity index (χ1n) is 11.6. The minimum absolute atomic E-state index is 0.00474. The monoisotopic (exact) mass is 508 g/mol. The zero-order valence-corrected chi connectivity index (χ0v) is 20.0. The Labute approximate surface area is 209 Å². The number of aliphatic hydroxyl groups excluding tert-OH is 1. The normalized spacial score (nSPS) is 14.1. The van der Waals surface area contributed by atoms with Crippen molar-refractivity contribution in [2.24, 2.45) is 17.2 Å². The van der Waals surface area contributed by atoms with E-state index in [1.54, 1.807) is 30.3 Å². The lowest BCUT2D eigenvalue weighted by Crippen LogP contribution is -2.57. The number of carbonyl (C=O) groups is 5. The molecule has 0 radical (unpaired) electrons. The van der Waals surface area contributed by atoms with Crippen LogP contribution in [0.15, 0.2) is 30.3 Å². The molecule has 0 aliphatic carbocycles. The summed E-state index contributed by atoms with van der Waals surface area (Å²) >= 11 is 0. The van der Waals surface area contributed by atoms with Crippen LogP contribution in [0.25, 0.3) is 0 Å². The van der Waals surface area contributed by atoms with Gasteiger partial charge in [0.2, 0.25) is 23.6 Å². The van der Waals surface area contributed by atoms with Crippen LogP contribution in [0.5, 0.6) is 0 Å². The number of aliphatic hydroxyl groups is 1. The summed E-state index contributed by atoms with van der Waals surface area (Å²) in [5, 5.41) is 26.0. The number of hydrogen-bond donors (Lipinski definition) is 8. The minimum Gasteiger partial charge on any atom is -0.480 e. The molecule has 0 aliphatic heterocycles. The average molecular weight is 509 g/mol. The van der Waals surface area contributed by atoms with Crippen LogP contribution in [0.1, 0.15) is 37.7 Å². The summed E-state index contributed by atoms with van der Waals surface area (Å²) < 4.78 is 0. The Hall–Kier alpha value is -3.55. The molecule has 1 rings (SSSR count). The summed E-state index contributed by atoms with van der Waals surface area (Å²) in [6.45, 7) is -0.273. The highest BCUT2D eigenvalue weighted by atomic mass is 16.4. The van der Waals surface area contributed by atoms with E-state index < -0.39 is 60.4 Å². The van der Waals surface area contributed by atoms with E-state index in [1.165, 1.54) is 0 Å². The van der Waals surface area contributed by atoms with E-state index >= 15 is 0 Å². The summed E-state index contributed by atoms with van der Waals surface area (Å²) in [7, 11) is 0. The van der Waals surface area contributed by atoms with Gasteiger partial charge in [-0.3, -0.25) is 19.2 Å². The molecule has 13 heteroatoms. The molecule has 0 heterocycles. The Bertz CT molecular complexity index is 883. The molecule has 0 aromatic heterocycles. The first kappa shape index (κ1) is 30.5. The van der Waals surface area contributed by atoms with Gasteiger partial charge in [-0.1, -0.05) is 30.3 Å². The number of amides is 4. The second kappa shape index (κ2) is 16.2. The lowest BCUT2D eigenvalue weighted by molar-refractivity contribution is -0.142. The molecule has 1 aromatic carbocycles. The average Bonchev–Trinajstić information content (AvgIpc) is 2.85. The van der Waals surface area contributed by atoms with Crippen molar-refractivity contribution in [1.29, 1.82) is 0 Å². The second-order valence-electron chi connectivity index (χ2n) is 8.29. The van der Waals surface area contributed by atoms with E-state index in [9.17, 15) is 29.1 Å². The first-order chi connectivity index (χ1) is 17.1. The van der Waals surface area contributed by atoms with Gasteiger partial charge in [-0.2, -0.15) is 0 Å². The van der Waals surface area contributed by atoms with Gasteiger partial charge in [0.1, 0.15) is 24.2 Å². The Morgan fingerprint density at radius 2 is 1.39 bits per heavy atom. The van der Waals surface area contributed by atoms with Crippen LogP contribution in [-0.4, -0.2) is 77.1 Å². The molecule has 1 aromatic rings. The number of hydrogen-bond acceptors (Lipinski definition) is 8. The third kappa shape index (κ3) is 11.3. The molecule has 0 aliphatic rings. The molecule has 0 bridgehead atoms. The lowest BCUT2D eigenvalue weighted by atomic mass is 10.0. The zero-order chi connectivity index (χ0) is 27.1.